The van der Waals surface area contributed by atoms with Gasteiger partial charge in [-0.3, -0.25) is 0 Å². The Morgan fingerprint density at radius 2 is 0.429 bits per heavy atom. The summed E-state index contributed by atoms with van der Waals surface area (Å²) >= 11 is 0. The second-order valence-electron chi connectivity index (χ2n) is 0. The summed E-state index contributed by atoms with van der Waals surface area (Å²) in [5.41, 5.74) is 0. The van der Waals surface area contributed by atoms with Crippen LogP contribution in [0.1, 0.15) is 7.43 Å². The van der Waals surface area contributed by atoms with Gasteiger partial charge in [0.2, 0.25) is 0 Å². The van der Waals surface area contributed by atoms with Crippen LogP contribution in [0.5, 0.6) is 0 Å². The fourth-order valence-electron chi connectivity index (χ4n) is 0. The van der Waals surface area contributed by atoms with Crippen LogP contribution >= 0.6 is 0 Å². The summed E-state index contributed by atoms with van der Waals surface area (Å²) in [7, 11) is 0. The van der Waals surface area contributed by atoms with Crippen molar-refractivity contribution in [3.8, 4) is 0 Å². The molecular formula is CH4F3Li3. The van der Waals surface area contributed by atoms with Crippen LogP contribution < -0.4 is 70.7 Å². The molecule has 0 amide bonds. The van der Waals surface area contributed by atoms with Gasteiger partial charge in [-0.05, 0) is 0 Å². The molecule has 0 fully saturated rings. The molecule has 0 aromatic carbocycles. The van der Waals surface area contributed by atoms with Gasteiger partial charge in [-0.1, -0.05) is 7.43 Å². The summed E-state index contributed by atoms with van der Waals surface area (Å²) in [6.45, 7) is 0. The largest absolute Gasteiger partial charge is 1.00 e. The standard InChI is InChI=1S/CH4.3FH.3Li/h1H4;3*1H;;;/q;;;;3*+1/p-3. The van der Waals surface area contributed by atoms with Crippen LogP contribution in [0.3, 0.4) is 0 Å². The van der Waals surface area contributed by atoms with Crippen LogP contribution in [0.25, 0.3) is 0 Å². The van der Waals surface area contributed by atoms with Gasteiger partial charge in [0.25, 0.3) is 0 Å². The van der Waals surface area contributed by atoms with E-state index in [-0.39, 0.29) is 78.1 Å². The minimum atomic E-state index is 0. The van der Waals surface area contributed by atoms with Crippen molar-refractivity contribution in [2.75, 3.05) is 0 Å². The first kappa shape index (κ1) is 197. The fraction of sp³-hybridized carbons (Fsp3) is 1.00. The van der Waals surface area contributed by atoms with Crippen molar-refractivity contribution >= 4 is 0 Å². The van der Waals surface area contributed by atoms with Crippen molar-refractivity contribution in [3.05, 3.63) is 0 Å². The second kappa shape index (κ2) is 131. The van der Waals surface area contributed by atoms with Crippen molar-refractivity contribution in [2.45, 2.75) is 7.43 Å². The Labute approximate surface area is 77.8 Å². The molecule has 0 heterocycles. The topological polar surface area (TPSA) is 0 Å². The molecule has 6 heteroatoms. The van der Waals surface area contributed by atoms with Crippen LogP contribution in [0.4, 0.5) is 0 Å². The van der Waals surface area contributed by atoms with Gasteiger partial charge in [-0.2, -0.15) is 0 Å². The molecule has 7 heavy (non-hydrogen) atoms. The molecule has 0 spiro atoms. The number of hydrogen-bond donors (Lipinski definition) is 0. The van der Waals surface area contributed by atoms with Gasteiger partial charge >= 0.3 is 56.6 Å². The van der Waals surface area contributed by atoms with E-state index in [1.807, 2.05) is 0 Å². The first-order valence-electron chi connectivity index (χ1n) is 0. The van der Waals surface area contributed by atoms with Gasteiger partial charge in [0, 0.05) is 0 Å². The van der Waals surface area contributed by atoms with Crippen molar-refractivity contribution in [1.82, 2.24) is 0 Å². The van der Waals surface area contributed by atoms with Crippen LogP contribution in [0.2, 0.25) is 0 Å². The van der Waals surface area contributed by atoms with E-state index in [0.717, 1.165) is 0 Å². The molecule has 0 rings (SSSR count). The van der Waals surface area contributed by atoms with Gasteiger partial charge < -0.3 is 14.1 Å². The van der Waals surface area contributed by atoms with E-state index in [4.69, 9.17) is 0 Å². The van der Waals surface area contributed by atoms with E-state index < -0.39 is 0 Å². The predicted molar refractivity (Wildman–Crippen MR) is 6.73 cm³/mol. The Morgan fingerprint density at radius 3 is 0.429 bits per heavy atom. The van der Waals surface area contributed by atoms with Crippen molar-refractivity contribution < 1.29 is 70.7 Å². The van der Waals surface area contributed by atoms with Gasteiger partial charge in [-0.25, -0.2) is 0 Å². The van der Waals surface area contributed by atoms with Crippen LogP contribution in [0.15, 0.2) is 0 Å². The third-order valence-corrected chi connectivity index (χ3v) is 0. The van der Waals surface area contributed by atoms with E-state index in [9.17, 15) is 0 Å². The third kappa shape index (κ3) is 94.4. The Hall–Kier alpha value is 1.58. The van der Waals surface area contributed by atoms with E-state index in [1.54, 1.807) is 0 Å². The van der Waals surface area contributed by atoms with Crippen LogP contribution in [-0.4, -0.2) is 0 Å². The molecule has 0 atom stereocenters. The minimum absolute atomic E-state index is 0. The van der Waals surface area contributed by atoms with Crippen molar-refractivity contribution in [3.63, 3.8) is 0 Å². The van der Waals surface area contributed by atoms with E-state index in [2.05, 4.69) is 0 Å². The Kier molecular flexibility index (Phi) is 3690. The minimum Gasteiger partial charge on any atom is -1.00 e. The second-order valence-corrected chi connectivity index (χ2v) is 0. The normalized spacial score (nSPS) is 0. The zero-order valence-electron chi connectivity index (χ0n) is 4.13. The summed E-state index contributed by atoms with van der Waals surface area (Å²) in [6.07, 6.45) is 0. The maximum atomic E-state index is 0. The first-order chi connectivity index (χ1) is 0. The summed E-state index contributed by atoms with van der Waals surface area (Å²) in [4.78, 5) is 0. The quantitative estimate of drug-likeness (QED) is 0.261. The fourth-order valence-corrected chi connectivity index (χ4v) is 0. The summed E-state index contributed by atoms with van der Waals surface area (Å²) < 4.78 is 0. The molecule has 0 N–H and O–H groups in total. The Morgan fingerprint density at radius 1 is 0.429 bits per heavy atom. The predicted octanol–water partition coefficient (Wildman–Crippen LogP) is -17.3. The zero-order valence-corrected chi connectivity index (χ0v) is 4.13. The maximum absolute atomic E-state index is 0. The Bertz CT molecular complexity index is 10.1. The maximum Gasteiger partial charge on any atom is 1.00 e. The summed E-state index contributed by atoms with van der Waals surface area (Å²) in [5, 5.41) is 0. The average molecular weight is 93.9 g/mol. The zero-order chi connectivity index (χ0) is 0. The van der Waals surface area contributed by atoms with Gasteiger partial charge in [-0.15, -0.1) is 0 Å². The molecule has 0 aliphatic rings. The Balaban J connectivity index is 0. The van der Waals surface area contributed by atoms with E-state index >= 15 is 0 Å². The SMILES string of the molecule is C.[F-].[F-].[F-].[Li+].[Li+].[Li+]. The number of hydrogen-bond acceptors (Lipinski definition) is 0. The van der Waals surface area contributed by atoms with Crippen LogP contribution in [0, 0.1) is 0 Å². The summed E-state index contributed by atoms with van der Waals surface area (Å²) in [6, 6.07) is 0. The molecule has 0 saturated heterocycles. The van der Waals surface area contributed by atoms with E-state index in [0.29, 0.717) is 0 Å². The molecular weight excluding hydrogens is 89.8 g/mol. The average Bonchev–Trinajstić information content (AvgIpc) is 0. The van der Waals surface area contributed by atoms with Crippen molar-refractivity contribution in [1.29, 1.82) is 0 Å². The molecule has 32 valence electrons. The molecule has 0 saturated carbocycles. The molecule has 0 radical (unpaired) electrons. The van der Waals surface area contributed by atoms with Crippen LogP contribution in [-0.2, 0) is 0 Å². The van der Waals surface area contributed by atoms with Gasteiger partial charge in [0.05, 0.1) is 0 Å². The molecule has 0 aliphatic carbocycles. The summed E-state index contributed by atoms with van der Waals surface area (Å²) in [5.74, 6) is 0. The van der Waals surface area contributed by atoms with Gasteiger partial charge in [0.15, 0.2) is 0 Å². The molecule has 0 nitrogen and oxygen atoms in total. The molecule has 0 aliphatic heterocycles. The molecule has 0 bridgehead atoms. The van der Waals surface area contributed by atoms with Crippen molar-refractivity contribution in [2.24, 2.45) is 0 Å². The smallest absolute Gasteiger partial charge is 1.00 e. The first-order valence-corrected chi connectivity index (χ1v) is 0. The van der Waals surface area contributed by atoms with E-state index in [1.165, 1.54) is 0 Å². The van der Waals surface area contributed by atoms with Gasteiger partial charge in [0.1, 0.15) is 0 Å². The number of rotatable bonds is 0. The molecule has 0 aromatic rings. The molecule has 0 aromatic heterocycles. The number of halogens is 3. The molecule has 0 unspecified atom stereocenters. The monoisotopic (exact) mass is 94.1 g/mol. The third-order valence-electron chi connectivity index (χ3n) is 0.